The molecule has 0 spiro atoms. The number of nitrogens with two attached hydrogens (primary N) is 1. The molecule has 19 heavy (non-hydrogen) atoms. The predicted octanol–water partition coefficient (Wildman–Crippen LogP) is 2.59. The zero-order valence-electron chi connectivity index (χ0n) is 10.8. The SMILES string of the molecule is Cc1cccc(Oc2cccc(C(N)=NO)n2)c1C. The standard InChI is InChI=1S/C14H15N3O2/c1-9-5-3-7-12(10(9)2)19-13-8-4-6-11(16-13)14(15)17-18/h3-8,18H,1-2H3,(H2,15,17). The number of hydrogen-bond donors (Lipinski definition) is 2. The fraction of sp³-hybridized carbons (Fsp3) is 0.143. The third kappa shape index (κ3) is 2.82. The van der Waals surface area contributed by atoms with Crippen LogP contribution in [-0.2, 0) is 0 Å². The lowest BCUT2D eigenvalue weighted by Gasteiger charge is -2.10. The molecule has 0 saturated heterocycles. The Morgan fingerprint density at radius 2 is 1.95 bits per heavy atom. The molecular weight excluding hydrogens is 242 g/mol. The summed E-state index contributed by atoms with van der Waals surface area (Å²) in [5, 5.41) is 11.5. The summed E-state index contributed by atoms with van der Waals surface area (Å²) < 4.78 is 5.72. The first-order valence-corrected chi connectivity index (χ1v) is 5.81. The van der Waals surface area contributed by atoms with E-state index < -0.39 is 0 Å². The van der Waals surface area contributed by atoms with Gasteiger partial charge in [0.25, 0.3) is 0 Å². The number of hydrogen-bond acceptors (Lipinski definition) is 4. The molecule has 0 aliphatic carbocycles. The molecule has 5 nitrogen and oxygen atoms in total. The normalized spacial score (nSPS) is 11.4. The van der Waals surface area contributed by atoms with Gasteiger partial charge in [0.2, 0.25) is 5.88 Å². The number of oxime groups is 1. The third-order valence-electron chi connectivity index (χ3n) is 2.86. The van der Waals surface area contributed by atoms with Crippen molar-refractivity contribution in [3.63, 3.8) is 0 Å². The summed E-state index contributed by atoms with van der Waals surface area (Å²) in [5.41, 5.74) is 8.06. The van der Waals surface area contributed by atoms with Crippen molar-refractivity contribution in [1.29, 1.82) is 0 Å². The van der Waals surface area contributed by atoms with Crippen LogP contribution in [0, 0.1) is 13.8 Å². The van der Waals surface area contributed by atoms with Crippen LogP contribution in [0.15, 0.2) is 41.6 Å². The lowest BCUT2D eigenvalue weighted by molar-refractivity contribution is 0.318. The second-order valence-electron chi connectivity index (χ2n) is 4.15. The Hall–Kier alpha value is -2.56. The van der Waals surface area contributed by atoms with Crippen LogP contribution in [0.4, 0.5) is 0 Å². The molecule has 0 unspecified atom stereocenters. The number of aryl methyl sites for hydroxylation is 1. The average molecular weight is 257 g/mol. The van der Waals surface area contributed by atoms with Crippen molar-refractivity contribution in [1.82, 2.24) is 4.98 Å². The Kier molecular flexibility index (Phi) is 3.66. The van der Waals surface area contributed by atoms with Crippen LogP contribution in [0.1, 0.15) is 16.8 Å². The first kappa shape index (κ1) is 12.9. The molecule has 0 saturated carbocycles. The minimum atomic E-state index is -0.0496. The van der Waals surface area contributed by atoms with Gasteiger partial charge in [0.15, 0.2) is 5.84 Å². The quantitative estimate of drug-likeness (QED) is 0.383. The molecule has 5 heteroatoms. The van der Waals surface area contributed by atoms with E-state index in [1.165, 1.54) is 0 Å². The molecule has 0 amide bonds. The molecule has 0 bridgehead atoms. The Labute approximate surface area is 111 Å². The summed E-state index contributed by atoms with van der Waals surface area (Å²) in [6.07, 6.45) is 0. The van der Waals surface area contributed by atoms with Gasteiger partial charge in [0, 0.05) is 6.07 Å². The highest BCUT2D eigenvalue weighted by atomic mass is 16.5. The lowest BCUT2D eigenvalue weighted by Crippen LogP contribution is -2.14. The van der Waals surface area contributed by atoms with Gasteiger partial charge in [-0.25, -0.2) is 4.98 Å². The van der Waals surface area contributed by atoms with Crippen LogP contribution in [0.25, 0.3) is 0 Å². The topological polar surface area (TPSA) is 80.7 Å². The maximum atomic E-state index is 8.63. The predicted molar refractivity (Wildman–Crippen MR) is 72.7 cm³/mol. The Balaban J connectivity index is 2.31. The first-order chi connectivity index (χ1) is 9.11. The Morgan fingerprint density at radius 1 is 1.21 bits per heavy atom. The minimum absolute atomic E-state index is 0.0496. The smallest absolute Gasteiger partial charge is 0.219 e. The summed E-state index contributed by atoms with van der Waals surface area (Å²) in [4.78, 5) is 4.17. The van der Waals surface area contributed by atoms with Gasteiger partial charge >= 0.3 is 0 Å². The molecular formula is C14H15N3O2. The third-order valence-corrected chi connectivity index (χ3v) is 2.86. The van der Waals surface area contributed by atoms with Crippen LogP contribution in [-0.4, -0.2) is 16.0 Å². The molecule has 0 fully saturated rings. The molecule has 0 aliphatic rings. The second-order valence-corrected chi connectivity index (χ2v) is 4.15. The van der Waals surface area contributed by atoms with Gasteiger partial charge in [0.05, 0.1) is 0 Å². The molecule has 1 aromatic heterocycles. The second kappa shape index (κ2) is 5.39. The van der Waals surface area contributed by atoms with E-state index in [1.807, 2.05) is 32.0 Å². The summed E-state index contributed by atoms with van der Waals surface area (Å²) in [6, 6.07) is 10.9. The van der Waals surface area contributed by atoms with E-state index in [4.69, 9.17) is 15.7 Å². The van der Waals surface area contributed by atoms with Gasteiger partial charge in [-0.3, -0.25) is 0 Å². The molecule has 98 valence electrons. The van der Waals surface area contributed by atoms with Crippen LogP contribution in [0.2, 0.25) is 0 Å². The fourth-order valence-corrected chi connectivity index (χ4v) is 1.61. The summed E-state index contributed by atoms with van der Waals surface area (Å²) >= 11 is 0. The number of rotatable bonds is 3. The van der Waals surface area contributed by atoms with Crippen LogP contribution in [0.3, 0.4) is 0 Å². The van der Waals surface area contributed by atoms with E-state index in [0.29, 0.717) is 11.6 Å². The lowest BCUT2D eigenvalue weighted by atomic mass is 10.1. The van der Waals surface area contributed by atoms with Crippen LogP contribution < -0.4 is 10.5 Å². The van der Waals surface area contributed by atoms with E-state index in [1.54, 1.807) is 18.2 Å². The molecule has 0 atom stereocenters. The van der Waals surface area contributed by atoms with Gasteiger partial charge in [-0.1, -0.05) is 23.4 Å². The molecule has 2 aromatic rings. The zero-order chi connectivity index (χ0) is 13.8. The van der Waals surface area contributed by atoms with Crippen molar-refractivity contribution in [2.75, 3.05) is 0 Å². The van der Waals surface area contributed by atoms with Crippen molar-refractivity contribution in [2.45, 2.75) is 13.8 Å². The Morgan fingerprint density at radius 3 is 2.68 bits per heavy atom. The highest BCUT2D eigenvalue weighted by Crippen LogP contribution is 2.25. The molecule has 0 radical (unpaired) electrons. The van der Waals surface area contributed by atoms with Gasteiger partial charge in [-0.15, -0.1) is 0 Å². The maximum absolute atomic E-state index is 8.63. The van der Waals surface area contributed by atoms with Crippen LogP contribution >= 0.6 is 0 Å². The number of pyridine rings is 1. The van der Waals surface area contributed by atoms with Crippen molar-refractivity contribution < 1.29 is 9.94 Å². The van der Waals surface area contributed by atoms with Crippen molar-refractivity contribution in [2.24, 2.45) is 10.9 Å². The summed E-state index contributed by atoms with van der Waals surface area (Å²) in [6.45, 7) is 4.00. The van der Waals surface area contributed by atoms with E-state index in [-0.39, 0.29) is 5.84 Å². The number of ether oxygens (including phenoxy) is 1. The number of amidine groups is 1. The first-order valence-electron chi connectivity index (χ1n) is 5.81. The number of aromatic nitrogens is 1. The van der Waals surface area contributed by atoms with Crippen LogP contribution in [0.5, 0.6) is 11.6 Å². The van der Waals surface area contributed by atoms with Gasteiger partial charge < -0.3 is 15.7 Å². The fourth-order valence-electron chi connectivity index (χ4n) is 1.61. The molecule has 0 aliphatic heterocycles. The highest BCUT2D eigenvalue weighted by molar-refractivity contribution is 5.95. The summed E-state index contributed by atoms with van der Waals surface area (Å²) in [7, 11) is 0. The maximum Gasteiger partial charge on any atom is 0.219 e. The van der Waals surface area contributed by atoms with Gasteiger partial charge in [0.1, 0.15) is 11.4 Å². The average Bonchev–Trinajstić information content (AvgIpc) is 2.43. The minimum Gasteiger partial charge on any atom is -0.439 e. The van der Waals surface area contributed by atoms with Crippen molar-refractivity contribution >= 4 is 5.84 Å². The number of nitrogens with zero attached hydrogens (tertiary/aromatic N) is 2. The molecule has 1 aromatic carbocycles. The largest absolute Gasteiger partial charge is 0.439 e. The van der Waals surface area contributed by atoms with E-state index in [2.05, 4.69) is 10.1 Å². The van der Waals surface area contributed by atoms with E-state index in [9.17, 15) is 0 Å². The number of benzene rings is 1. The highest BCUT2D eigenvalue weighted by Gasteiger charge is 2.06. The van der Waals surface area contributed by atoms with Gasteiger partial charge in [-0.2, -0.15) is 0 Å². The summed E-state index contributed by atoms with van der Waals surface area (Å²) in [5.74, 6) is 1.09. The van der Waals surface area contributed by atoms with Crippen molar-refractivity contribution in [3.8, 4) is 11.6 Å². The molecule has 3 N–H and O–H groups in total. The van der Waals surface area contributed by atoms with E-state index >= 15 is 0 Å². The molecule has 2 rings (SSSR count). The van der Waals surface area contributed by atoms with Gasteiger partial charge in [-0.05, 0) is 37.1 Å². The monoisotopic (exact) mass is 257 g/mol. The van der Waals surface area contributed by atoms with E-state index in [0.717, 1.165) is 16.9 Å². The Bertz CT molecular complexity index is 624. The van der Waals surface area contributed by atoms with Crippen molar-refractivity contribution in [3.05, 3.63) is 53.2 Å². The zero-order valence-corrected chi connectivity index (χ0v) is 10.8. The molecule has 1 heterocycles.